The van der Waals surface area contributed by atoms with E-state index in [2.05, 4.69) is 25.2 Å². The second-order valence-electron chi connectivity index (χ2n) is 3.90. The van der Waals surface area contributed by atoms with Crippen LogP contribution < -0.4 is 10.1 Å². The molecular formula is C13H18ClNO. The molecule has 1 unspecified atom stereocenters. The molecule has 0 saturated heterocycles. The van der Waals surface area contributed by atoms with E-state index < -0.39 is 0 Å². The van der Waals surface area contributed by atoms with Gasteiger partial charge in [-0.25, -0.2) is 0 Å². The topological polar surface area (TPSA) is 21.3 Å². The summed E-state index contributed by atoms with van der Waals surface area (Å²) < 4.78 is 5.34. The first-order valence-corrected chi connectivity index (χ1v) is 5.62. The number of nitrogens with one attached hydrogen (secondary N) is 1. The maximum Gasteiger partial charge on any atom is 0.125 e. The van der Waals surface area contributed by atoms with Gasteiger partial charge in [0.05, 0.1) is 13.2 Å². The van der Waals surface area contributed by atoms with Gasteiger partial charge in [0.25, 0.3) is 0 Å². The Hall–Kier alpha value is -0.990. The molecule has 0 aliphatic heterocycles. The molecule has 2 nitrogen and oxygen atoms in total. The molecule has 3 heteroatoms. The molecule has 0 spiro atoms. The normalized spacial score (nSPS) is 12.1. The fourth-order valence-electron chi connectivity index (χ4n) is 1.60. The van der Waals surface area contributed by atoms with E-state index in [0.29, 0.717) is 5.02 Å². The van der Waals surface area contributed by atoms with E-state index in [1.807, 2.05) is 25.2 Å². The number of benzene rings is 1. The van der Waals surface area contributed by atoms with Gasteiger partial charge in [-0.05, 0) is 33.0 Å². The molecule has 16 heavy (non-hydrogen) atoms. The number of hydrogen-bond donors (Lipinski definition) is 1. The van der Waals surface area contributed by atoms with Gasteiger partial charge in [-0.2, -0.15) is 0 Å². The fraction of sp³-hybridized carbons (Fsp3) is 0.385. The molecule has 0 aromatic heterocycles. The Kier molecular flexibility index (Phi) is 4.84. The van der Waals surface area contributed by atoms with Crippen LogP contribution in [-0.4, -0.2) is 14.2 Å². The molecule has 0 fully saturated rings. The Labute approximate surface area is 102 Å². The van der Waals surface area contributed by atoms with E-state index in [4.69, 9.17) is 16.3 Å². The zero-order valence-corrected chi connectivity index (χ0v) is 10.9. The number of allylic oxidation sites excluding steroid dienone is 1. The van der Waals surface area contributed by atoms with Gasteiger partial charge in [-0.1, -0.05) is 29.3 Å². The maximum absolute atomic E-state index is 5.93. The second-order valence-corrected chi connectivity index (χ2v) is 4.33. The molecule has 0 aliphatic rings. The minimum atomic E-state index is 0.150. The SMILES string of the molecule is CNC(C=C(C)C)c1ccc(Cl)cc1OC. The lowest BCUT2D eigenvalue weighted by molar-refractivity contribution is 0.406. The highest BCUT2D eigenvalue weighted by Gasteiger charge is 2.12. The van der Waals surface area contributed by atoms with Gasteiger partial charge in [0.15, 0.2) is 0 Å². The Morgan fingerprint density at radius 3 is 2.62 bits per heavy atom. The first-order valence-electron chi connectivity index (χ1n) is 5.24. The molecule has 0 bridgehead atoms. The molecule has 0 heterocycles. The largest absolute Gasteiger partial charge is 0.496 e. The summed E-state index contributed by atoms with van der Waals surface area (Å²) in [5.41, 5.74) is 2.35. The molecule has 0 saturated carbocycles. The average Bonchev–Trinajstić information content (AvgIpc) is 2.25. The summed E-state index contributed by atoms with van der Waals surface area (Å²) in [6.07, 6.45) is 2.16. The zero-order chi connectivity index (χ0) is 12.1. The predicted molar refractivity (Wildman–Crippen MR) is 69.2 cm³/mol. The van der Waals surface area contributed by atoms with Crippen molar-refractivity contribution >= 4 is 11.6 Å². The van der Waals surface area contributed by atoms with Crippen LogP contribution in [0.2, 0.25) is 5.02 Å². The van der Waals surface area contributed by atoms with E-state index in [1.165, 1.54) is 5.57 Å². The summed E-state index contributed by atoms with van der Waals surface area (Å²) in [7, 11) is 3.59. The smallest absolute Gasteiger partial charge is 0.125 e. The minimum absolute atomic E-state index is 0.150. The van der Waals surface area contributed by atoms with Gasteiger partial charge in [0.2, 0.25) is 0 Å². The third-order valence-electron chi connectivity index (χ3n) is 2.34. The number of halogens is 1. The third-order valence-corrected chi connectivity index (χ3v) is 2.58. The van der Waals surface area contributed by atoms with Crippen molar-refractivity contribution in [3.63, 3.8) is 0 Å². The highest BCUT2D eigenvalue weighted by atomic mass is 35.5. The molecule has 0 radical (unpaired) electrons. The molecule has 1 atom stereocenters. The number of hydrogen-bond acceptors (Lipinski definition) is 2. The Balaban J connectivity index is 3.14. The molecule has 1 aromatic rings. The van der Waals surface area contributed by atoms with Crippen LogP contribution in [0, 0.1) is 0 Å². The van der Waals surface area contributed by atoms with Crippen molar-refractivity contribution in [2.75, 3.05) is 14.2 Å². The molecule has 0 aliphatic carbocycles. The Morgan fingerprint density at radius 2 is 2.12 bits per heavy atom. The van der Waals surface area contributed by atoms with Crippen LogP contribution >= 0.6 is 11.6 Å². The summed E-state index contributed by atoms with van der Waals surface area (Å²) in [5.74, 6) is 0.810. The van der Waals surface area contributed by atoms with Gasteiger partial charge in [0.1, 0.15) is 5.75 Å². The van der Waals surface area contributed by atoms with Crippen LogP contribution in [0.1, 0.15) is 25.5 Å². The molecule has 1 aromatic carbocycles. The van der Waals surface area contributed by atoms with Gasteiger partial charge in [0, 0.05) is 10.6 Å². The van der Waals surface area contributed by atoms with E-state index >= 15 is 0 Å². The van der Waals surface area contributed by atoms with Gasteiger partial charge in [-0.15, -0.1) is 0 Å². The van der Waals surface area contributed by atoms with Crippen LogP contribution in [0.4, 0.5) is 0 Å². The quantitative estimate of drug-likeness (QED) is 0.811. The molecule has 88 valence electrons. The van der Waals surface area contributed by atoms with Crippen molar-refractivity contribution in [2.24, 2.45) is 0 Å². The lowest BCUT2D eigenvalue weighted by Crippen LogP contribution is -2.15. The van der Waals surface area contributed by atoms with E-state index in [-0.39, 0.29) is 6.04 Å². The van der Waals surface area contributed by atoms with Crippen molar-refractivity contribution in [2.45, 2.75) is 19.9 Å². The van der Waals surface area contributed by atoms with Crippen molar-refractivity contribution < 1.29 is 4.74 Å². The van der Waals surface area contributed by atoms with Crippen LogP contribution in [0.3, 0.4) is 0 Å². The monoisotopic (exact) mass is 239 g/mol. The molecule has 1 rings (SSSR count). The van der Waals surface area contributed by atoms with Crippen molar-refractivity contribution in [1.82, 2.24) is 5.32 Å². The summed E-state index contributed by atoms with van der Waals surface area (Å²) in [5, 5.41) is 3.93. The maximum atomic E-state index is 5.93. The van der Waals surface area contributed by atoms with E-state index in [1.54, 1.807) is 7.11 Å². The zero-order valence-electron chi connectivity index (χ0n) is 10.2. The van der Waals surface area contributed by atoms with E-state index in [9.17, 15) is 0 Å². The Morgan fingerprint density at radius 1 is 1.44 bits per heavy atom. The summed E-state index contributed by atoms with van der Waals surface area (Å²) >= 11 is 5.93. The highest BCUT2D eigenvalue weighted by molar-refractivity contribution is 6.30. The number of methoxy groups -OCH3 is 1. The first-order chi connectivity index (χ1) is 7.58. The minimum Gasteiger partial charge on any atom is -0.496 e. The highest BCUT2D eigenvalue weighted by Crippen LogP contribution is 2.29. The lowest BCUT2D eigenvalue weighted by atomic mass is 10.0. The summed E-state index contributed by atoms with van der Waals surface area (Å²) in [6.45, 7) is 4.15. The second kappa shape index (κ2) is 5.92. The average molecular weight is 240 g/mol. The van der Waals surface area contributed by atoms with Crippen LogP contribution in [0.5, 0.6) is 5.75 Å². The lowest BCUT2D eigenvalue weighted by Gasteiger charge is -2.17. The summed E-state index contributed by atoms with van der Waals surface area (Å²) in [4.78, 5) is 0. The fourth-order valence-corrected chi connectivity index (χ4v) is 1.77. The molecule has 1 N–H and O–H groups in total. The van der Waals surface area contributed by atoms with Crippen molar-refractivity contribution in [3.8, 4) is 5.75 Å². The Bertz CT molecular complexity index is 384. The molecular weight excluding hydrogens is 222 g/mol. The van der Waals surface area contributed by atoms with Gasteiger partial charge in [-0.3, -0.25) is 0 Å². The van der Waals surface area contributed by atoms with Crippen LogP contribution in [0.25, 0.3) is 0 Å². The van der Waals surface area contributed by atoms with Crippen LogP contribution in [-0.2, 0) is 0 Å². The van der Waals surface area contributed by atoms with Crippen molar-refractivity contribution in [1.29, 1.82) is 0 Å². The molecule has 0 amide bonds. The number of likely N-dealkylation sites (N-methyl/N-ethyl adjacent to an activating group) is 1. The van der Waals surface area contributed by atoms with E-state index in [0.717, 1.165) is 11.3 Å². The first kappa shape index (κ1) is 13.1. The van der Waals surface area contributed by atoms with Crippen LogP contribution in [0.15, 0.2) is 29.8 Å². The number of rotatable bonds is 4. The predicted octanol–water partition coefficient (Wildman–Crippen LogP) is 3.58. The van der Waals surface area contributed by atoms with Crippen molar-refractivity contribution in [3.05, 3.63) is 40.4 Å². The van der Waals surface area contributed by atoms with Gasteiger partial charge < -0.3 is 10.1 Å². The number of ether oxygens (including phenoxy) is 1. The standard InChI is InChI=1S/C13H18ClNO/c1-9(2)7-12(15-3)11-6-5-10(14)8-13(11)16-4/h5-8,12,15H,1-4H3. The van der Waals surface area contributed by atoms with Gasteiger partial charge >= 0.3 is 0 Å². The third kappa shape index (κ3) is 3.26. The summed E-state index contributed by atoms with van der Waals surface area (Å²) in [6, 6.07) is 5.85.